The fraction of sp³-hybridized carbons (Fsp3) is 0.385. The molecule has 0 aromatic heterocycles. The van der Waals surface area contributed by atoms with Gasteiger partial charge in [0.05, 0.1) is 6.10 Å². The summed E-state index contributed by atoms with van der Waals surface area (Å²) in [4.78, 5) is 22.2. The summed E-state index contributed by atoms with van der Waals surface area (Å²) in [6.45, 7) is 1.45. The van der Waals surface area contributed by atoms with E-state index in [1.807, 2.05) is 5.43 Å². The summed E-state index contributed by atoms with van der Waals surface area (Å²) in [5, 5.41) is 19.9. The van der Waals surface area contributed by atoms with E-state index in [-0.39, 0.29) is 11.5 Å². The van der Waals surface area contributed by atoms with Crippen LogP contribution in [-0.4, -0.2) is 33.1 Å². The zero-order valence-electron chi connectivity index (χ0n) is 11.1. The number of hydrogen-bond donors (Lipinski definition) is 4. The maximum atomic E-state index is 11.4. The fourth-order valence-electron chi connectivity index (χ4n) is 1.65. The Bertz CT molecular complexity index is 481. The van der Waals surface area contributed by atoms with Gasteiger partial charge < -0.3 is 10.2 Å². The Hall–Kier alpha value is -1.41. The van der Waals surface area contributed by atoms with Crippen LogP contribution < -0.4 is 11.3 Å². The molecule has 5 N–H and O–H groups in total. The molecule has 1 rings (SSSR count). The fourth-order valence-corrected chi connectivity index (χ4v) is 2.30. The van der Waals surface area contributed by atoms with Gasteiger partial charge in [-0.05, 0) is 24.1 Å². The lowest BCUT2D eigenvalue weighted by molar-refractivity contribution is -0.109. The van der Waals surface area contributed by atoms with Crippen LogP contribution in [0, 0.1) is 0 Å². The molecule has 20 heavy (non-hydrogen) atoms. The number of thioether (sulfide) groups is 1. The maximum Gasteiger partial charge on any atom is 0.265 e. The van der Waals surface area contributed by atoms with Crippen LogP contribution in [0.5, 0.6) is 0 Å². The summed E-state index contributed by atoms with van der Waals surface area (Å²) in [5.74, 6) is 4.99. The van der Waals surface area contributed by atoms with Gasteiger partial charge in [-0.25, -0.2) is 5.84 Å². The first-order valence-electron chi connectivity index (χ1n) is 6.06. The number of benzene rings is 1. The highest BCUT2D eigenvalue weighted by Crippen LogP contribution is 2.21. The van der Waals surface area contributed by atoms with Gasteiger partial charge in [-0.1, -0.05) is 23.9 Å². The third-order valence-corrected chi connectivity index (χ3v) is 3.55. The van der Waals surface area contributed by atoms with E-state index in [4.69, 9.17) is 5.84 Å². The summed E-state index contributed by atoms with van der Waals surface area (Å²) < 4.78 is 0. The van der Waals surface area contributed by atoms with Crippen molar-refractivity contribution in [2.45, 2.75) is 25.6 Å². The van der Waals surface area contributed by atoms with Crippen LogP contribution in [-0.2, 0) is 4.79 Å². The van der Waals surface area contributed by atoms with Crippen LogP contribution in [0.3, 0.4) is 0 Å². The third-order valence-electron chi connectivity index (χ3n) is 2.70. The largest absolute Gasteiger partial charge is 0.390 e. The second kappa shape index (κ2) is 8.01. The Morgan fingerprint density at radius 1 is 1.40 bits per heavy atom. The first kappa shape index (κ1) is 16.6. The van der Waals surface area contributed by atoms with Gasteiger partial charge in [-0.3, -0.25) is 15.0 Å². The molecule has 0 heterocycles. The average molecular weight is 298 g/mol. The Kier molecular flexibility index (Phi) is 6.66. The summed E-state index contributed by atoms with van der Waals surface area (Å²) >= 11 is 1.09. The lowest BCUT2D eigenvalue weighted by Gasteiger charge is -2.18. The van der Waals surface area contributed by atoms with Gasteiger partial charge in [0.2, 0.25) is 0 Å². The summed E-state index contributed by atoms with van der Waals surface area (Å²) in [6.07, 6.45) is -1.84. The van der Waals surface area contributed by atoms with Crippen molar-refractivity contribution in [3.63, 3.8) is 0 Å². The zero-order chi connectivity index (χ0) is 15.1. The van der Waals surface area contributed by atoms with E-state index in [0.29, 0.717) is 16.9 Å². The van der Waals surface area contributed by atoms with Crippen LogP contribution in [0.1, 0.15) is 35.4 Å². The normalized spacial score (nSPS) is 13.6. The quantitative estimate of drug-likeness (QED) is 0.342. The van der Waals surface area contributed by atoms with Crippen molar-refractivity contribution in [1.29, 1.82) is 0 Å². The number of rotatable bonds is 6. The van der Waals surface area contributed by atoms with E-state index >= 15 is 0 Å². The average Bonchev–Trinajstić information content (AvgIpc) is 2.45. The number of nitrogens with one attached hydrogen (secondary N) is 1. The van der Waals surface area contributed by atoms with Crippen molar-refractivity contribution in [3.8, 4) is 0 Å². The Morgan fingerprint density at radius 3 is 2.70 bits per heavy atom. The van der Waals surface area contributed by atoms with Crippen LogP contribution in [0.25, 0.3) is 0 Å². The molecular formula is C13H18N2O4S. The van der Waals surface area contributed by atoms with Gasteiger partial charge in [0.25, 0.3) is 5.91 Å². The molecule has 0 fully saturated rings. The predicted molar refractivity (Wildman–Crippen MR) is 76.8 cm³/mol. The molecule has 0 aliphatic rings. The number of carbonyl (C=O) groups is 2. The van der Waals surface area contributed by atoms with Crippen molar-refractivity contribution in [1.82, 2.24) is 5.43 Å². The molecule has 0 radical (unpaired) electrons. The van der Waals surface area contributed by atoms with Gasteiger partial charge >= 0.3 is 0 Å². The molecule has 1 aromatic rings. The molecule has 0 saturated carbocycles. The summed E-state index contributed by atoms with van der Waals surface area (Å²) in [5.41, 5.74) is 2.72. The van der Waals surface area contributed by atoms with E-state index in [0.717, 1.165) is 11.8 Å². The first-order chi connectivity index (χ1) is 9.45. The number of amides is 1. The van der Waals surface area contributed by atoms with E-state index in [1.54, 1.807) is 18.2 Å². The zero-order valence-corrected chi connectivity index (χ0v) is 11.9. The lowest BCUT2D eigenvalue weighted by Crippen LogP contribution is -2.30. The SMILES string of the molecule is CC(=O)SCCC(O)C(O)c1cccc(C(=O)NN)c1. The molecule has 1 aromatic carbocycles. The second-order valence-corrected chi connectivity index (χ2v) is 5.51. The Labute approximate surface area is 121 Å². The van der Waals surface area contributed by atoms with Gasteiger partial charge in [0, 0.05) is 18.2 Å². The van der Waals surface area contributed by atoms with Gasteiger partial charge in [0.1, 0.15) is 6.10 Å². The smallest absolute Gasteiger partial charge is 0.265 e. The molecule has 0 saturated heterocycles. The molecule has 7 heteroatoms. The minimum absolute atomic E-state index is 0.0340. The van der Waals surface area contributed by atoms with Crippen molar-refractivity contribution in [2.24, 2.45) is 5.84 Å². The number of hydrogen-bond acceptors (Lipinski definition) is 6. The minimum atomic E-state index is -1.12. The number of carbonyl (C=O) groups excluding carboxylic acids is 2. The van der Waals surface area contributed by atoms with Crippen LogP contribution in [0.4, 0.5) is 0 Å². The highest BCUT2D eigenvalue weighted by atomic mass is 32.2. The molecule has 2 atom stereocenters. The third kappa shape index (κ3) is 4.93. The van der Waals surface area contributed by atoms with Crippen molar-refractivity contribution < 1.29 is 19.8 Å². The first-order valence-corrected chi connectivity index (χ1v) is 7.04. The lowest BCUT2D eigenvalue weighted by atomic mass is 10.0. The van der Waals surface area contributed by atoms with Crippen LogP contribution in [0.15, 0.2) is 24.3 Å². The molecular weight excluding hydrogens is 280 g/mol. The predicted octanol–water partition coefficient (Wildman–Crippen LogP) is 0.354. The molecule has 0 spiro atoms. The van der Waals surface area contributed by atoms with Crippen molar-refractivity contribution in [2.75, 3.05) is 5.75 Å². The van der Waals surface area contributed by atoms with E-state index in [2.05, 4.69) is 0 Å². The van der Waals surface area contributed by atoms with E-state index in [9.17, 15) is 19.8 Å². The Morgan fingerprint density at radius 2 is 2.10 bits per heavy atom. The summed E-state index contributed by atoms with van der Waals surface area (Å²) in [7, 11) is 0. The Balaban J connectivity index is 2.68. The molecule has 1 amide bonds. The number of nitrogens with two attached hydrogens (primary N) is 1. The monoisotopic (exact) mass is 298 g/mol. The second-order valence-electron chi connectivity index (χ2n) is 4.24. The standard InChI is InChI=1S/C13H18N2O4S/c1-8(16)20-6-5-11(17)12(18)9-3-2-4-10(7-9)13(19)15-14/h2-4,7,11-12,17-18H,5-6,14H2,1H3,(H,15,19). The molecule has 0 aliphatic heterocycles. The number of aliphatic hydroxyl groups is 2. The maximum absolute atomic E-state index is 11.4. The molecule has 110 valence electrons. The molecule has 0 bridgehead atoms. The minimum Gasteiger partial charge on any atom is -0.390 e. The molecule has 0 aliphatic carbocycles. The van der Waals surface area contributed by atoms with Gasteiger partial charge in [-0.2, -0.15) is 0 Å². The van der Waals surface area contributed by atoms with Crippen molar-refractivity contribution in [3.05, 3.63) is 35.4 Å². The van der Waals surface area contributed by atoms with Gasteiger partial charge in [-0.15, -0.1) is 0 Å². The topological polar surface area (TPSA) is 113 Å². The van der Waals surface area contributed by atoms with Crippen LogP contribution >= 0.6 is 11.8 Å². The van der Waals surface area contributed by atoms with E-state index < -0.39 is 18.1 Å². The number of hydrazine groups is 1. The number of aliphatic hydroxyl groups excluding tert-OH is 2. The molecule has 6 nitrogen and oxygen atoms in total. The van der Waals surface area contributed by atoms with Gasteiger partial charge in [0.15, 0.2) is 5.12 Å². The van der Waals surface area contributed by atoms with Crippen molar-refractivity contribution >= 4 is 22.8 Å². The molecule has 2 unspecified atom stereocenters. The highest BCUT2D eigenvalue weighted by Gasteiger charge is 2.19. The highest BCUT2D eigenvalue weighted by molar-refractivity contribution is 8.13. The number of nitrogen functional groups attached to an aromatic ring is 1. The summed E-state index contributed by atoms with van der Waals surface area (Å²) in [6, 6.07) is 6.23. The van der Waals surface area contributed by atoms with Crippen LogP contribution in [0.2, 0.25) is 0 Å². The van der Waals surface area contributed by atoms with E-state index in [1.165, 1.54) is 13.0 Å².